The van der Waals surface area contributed by atoms with Crippen LogP contribution >= 0.6 is 11.8 Å². The number of hydrogen-bond acceptors (Lipinski definition) is 3. The van der Waals surface area contributed by atoms with Gasteiger partial charge in [-0.15, -0.1) is 0 Å². The molecule has 0 radical (unpaired) electrons. The second kappa shape index (κ2) is 13.0. The van der Waals surface area contributed by atoms with Crippen LogP contribution < -0.4 is 11.3 Å². The lowest BCUT2D eigenvalue weighted by molar-refractivity contribution is 0.488. The summed E-state index contributed by atoms with van der Waals surface area (Å²) in [5.41, 5.74) is 3.03. The second-order valence-electron chi connectivity index (χ2n) is 6.37. The standard InChI is InChI=1S/C17H36N2S/c1-2-3-4-5-6-7-9-12-16(19-18)15-20-17-13-10-8-11-14-17/h16-17,19H,2-15,18H2,1H3. The molecule has 20 heavy (non-hydrogen) atoms. The van der Waals surface area contributed by atoms with E-state index in [2.05, 4.69) is 24.1 Å². The summed E-state index contributed by atoms with van der Waals surface area (Å²) in [7, 11) is 0. The minimum Gasteiger partial charge on any atom is -0.271 e. The van der Waals surface area contributed by atoms with Crippen LogP contribution in [0.25, 0.3) is 0 Å². The molecule has 0 amide bonds. The summed E-state index contributed by atoms with van der Waals surface area (Å²) in [6.07, 6.45) is 18.2. The number of nitrogens with one attached hydrogen (secondary N) is 1. The van der Waals surface area contributed by atoms with Crippen molar-refractivity contribution in [3.05, 3.63) is 0 Å². The molecule has 0 spiro atoms. The molecule has 0 saturated heterocycles. The predicted octanol–water partition coefficient (Wildman–Crippen LogP) is 5.02. The van der Waals surface area contributed by atoms with Gasteiger partial charge in [0.1, 0.15) is 0 Å². The second-order valence-corrected chi connectivity index (χ2v) is 7.70. The van der Waals surface area contributed by atoms with Crippen LogP contribution in [-0.4, -0.2) is 17.0 Å². The van der Waals surface area contributed by atoms with Crippen LogP contribution in [0.1, 0.15) is 90.4 Å². The normalized spacial score (nSPS) is 18.3. The summed E-state index contributed by atoms with van der Waals surface area (Å²) in [5, 5.41) is 0.911. The van der Waals surface area contributed by atoms with E-state index in [-0.39, 0.29) is 0 Å². The molecule has 0 aliphatic heterocycles. The number of unbranched alkanes of at least 4 members (excludes halogenated alkanes) is 6. The number of thioether (sulfide) groups is 1. The maximum Gasteiger partial charge on any atom is 0.0301 e. The zero-order valence-electron chi connectivity index (χ0n) is 13.5. The third-order valence-corrected chi connectivity index (χ3v) is 6.01. The zero-order chi connectivity index (χ0) is 14.5. The van der Waals surface area contributed by atoms with Crippen LogP contribution in [0.5, 0.6) is 0 Å². The van der Waals surface area contributed by atoms with Crippen LogP contribution in [0.3, 0.4) is 0 Å². The fraction of sp³-hybridized carbons (Fsp3) is 1.00. The van der Waals surface area contributed by atoms with Crippen molar-refractivity contribution in [2.45, 2.75) is 102 Å². The topological polar surface area (TPSA) is 38.0 Å². The molecule has 1 unspecified atom stereocenters. The minimum atomic E-state index is 0.526. The van der Waals surface area contributed by atoms with Crippen LogP contribution in [0, 0.1) is 0 Å². The molecule has 1 aliphatic carbocycles. The fourth-order valence-electron chi connectivity index (χ4n) is 3.05. The molecule has 1 rings (SSSR count). The Morgan fingerprint density at radius 3 is 2.30 bits per heavy atom. The molecule has 120 valence electrons. The highest BCUT2D eigenvalue weighted by molar-refractivity contribution is 7.99. The first-order valence-corrected chi connectivity index (χ1v) is 9.99. The smallest absolute Gasteiger partial charge is 0.0301 e. The monoisotopic (exact) mass is 300 g/mol. The minimum absolute atomic E-state index is 0.526. The van der Waals surface area contributed by atoms with Gasteiger partial charge in [0.2, 0.25) is 0 Å². The molecule has 1 aliphatic rings. The summed E-state index contributed by atoms with van der Waals surface area (Å²) < 4.78 is 0. The summed E-state index contributed by atoms with van der Waals surface area (Å²) in [4.78, 5) is 0. The Bertz CT molecular complexity index is 205. The molecule has 0 aromatic rings. The lowest BCUT2D eigenvalue weighted by Gasteiger charge is -2.23. The number of hydrogen-bond donors (Lipinski definition) is 2. The summed E-state index contributed by atoms with van der Waals surface area (Å²) in [6.45, 7) is 2.28. The molecular weight excluding hydrogens is 264 g/mol. The molecule has 0 bridgehead atoms. The number of nitrogens with two attached hydrogens (primary N) is 1. The quantitative estimate of drug-likeness (QED) is 0.302. The van der Waals surface area contributed by atoms with E-state index in [0.29, 0.717) is 6.04 Å². The van der Waals surface area contributed by atoms with E-state index < -0.39 is 0 Å². The number of hydrazine groups is 1. The van der Waals surface area contributed by atoms with Gasteiger partial charge in [-0.05, 0) is 19.3 Å². The molecular formula is C17H36N2S. The van der Waals surface area contributed by atoms with Crippen LogP contribution in [0.2, 0.25) is 0 Å². The highest BCUT2D eigenvalue weighted by atomic mass is 32.2. The lowest BCUT2D eigenvalue weighted by atomic mass is 10.0. The van der Waals surface area contributed by atoms with Gasteiger partial charge < -0.3 is 0 Å². The van der Waals surface area contributed by atoms with E-state index in [0.717, 1.165) is 5.25 Å². The third-order valence-electron chi connectivity index (χ3n) is 4.48. The number of rotatable bonds is 12. The van der Waals surface area contributed by atoms with Crippen molar-refractivity contribution in [1.29, 1.82) is 0 Å². The Morgan fingerprint density at radius 2 is 1.65 bits per heavy atom. The van der Waals surface area contributed by atoms with Crippen LogP contribution in [0.4, 0.5) is 0 Å². The summed E-state index contributed by atoms with van der Waals surface area (Å²) in [5.74, 6) is 6.91. The third kappa shape index (κ3) is 9.25. The van der Waals surface area contributed by atoms with Gasteiger partial charge in [-0.1, -0.05) is 71.1 Å². The molecule has 2 nitrogen and oxygen atoms in total. The summed E-state index contributed by atoms with van der Waals surface area (Å²) in [6, 6.07) is 0.526. The van der Waals surface area contributed by atoms with Crippen molar-refractivity contribution in [3.63, 3.8) is 0 Å². The first kappa shape index (κ1) is 18.3. The fourth-order valence-corrected chi connectivity index (χ4v) is 4.48. The van der Waals surface area contributed by atoms with E-state index in [1.54, 1.807) is 0 Å². The molecule has 1 saturated carbocycles. The SMILES string of the molecule is CCCCCCCCCC(CSC1CCCCC1)NN. The van der Waals surface area contributed by atoms with Gasteiger partial charge in [0, 0.05) is 17.0 Å². The maximum atomic E-state index is 5.71. The first-order valence-electron chi connectivity index (χ1n) is 8.94. The van der Waals surface area contributed by atoms with E-state index in [1.165, 1.54) is 89.2 Å². The Morgan fingerprint density at radius 1 is 1.00 bits per heavy atom. The molecule has 3 heteroatoms. The maximum absolute atomic E-state index is 5.71. The van der Waals surface area contributed by atoms with Gasteiger partial charge in [0.15, 0.2) is 0 Å². The molecule has 3 N–H and O–H groups in total. The van der Waals surface area contributed by atoms with Gasteiger partial charge in [0.25, 0.3) is 0 Å². The van der Waals surface area contributed by atoms with Gasteiger partial charge in [-0.3, -0.25) is 11.3 Å². The first-order chi connectivity index (χ1) is 9.86. The Labute approximate surface area is 131 Å². The molecule has 1 fully saturated rings. The van der Waals surface area contributed by atoms with Crippen molar-refractivity contribution in [2.75, 3.05) is 5.75 Å². The highest BCUT2D eigenvalue weighted by Crippen LogP contribution is 2.29. The van der Waals surface area contributed by atoms with Gasteiger partial charge in [0.05, 0.1) is 0 Å². The van der Waals surface area contributed by atoms with Crippen molar-refractivity contribution in [1.82, 2.24) is 5.43 Å². The van der Waals surface area contributed by atoms with Crippen LogP contribution in [-0.2, 0) is 0 Å². The largest absolute Gasteiger partial charge is 0.271 e. The van der Waals surface area contributed by atoms with Crippen molar-refractivity contribution < 1.29 is 0 Å². The predicted molar refractivity (Wildman–Crippen MR) is 93.1 cm³/mol. The molecule has 0 heterocycles. The van der Waals surface area contributed by atoms with Gasteiger partial charge in [-0.2, -0.15) is 11.8 Å². The Kier molecular flexibility index (Phi) is 11.9. The van der Waals surface area contributed by atoms with E-state index >= 15 is 0 Å². The van der Waals surface area contributed by atoms with E-state index in [4.69, 9.17) is 5.84 Å². The van der Waals surface area contributed by atoms with Gasteiger partial charge in [-0.25, -0.2) is 0 Å². The van der Waals surface area contributed by atoms with E-state index in [1.807, 2.05) is 0 Å². The van der Waals surface area contributed by atoms with E-state index in [9.17, 15) is 0 Å². The van der Waals surface area contributed by atoms with Crippen molar-refractivity contribution in [2.24, 2.45) is 5.84 Å². The van der Waals surface area contributed by atoms with Crippen molar-refractivity contribution >= 4 is 11.8 Å². The van der Waals surface area contributed by atoms with Gasteiger partial charge >= 0.3 is 0 Å². The molecule has 0 aromatic carbocycles. The average Bonchev–Trinajstić information content (AvgIpc) is 2.50. The van der Waals surface area contributed by atoms with Crippen LogP contribution in [0.15, 0.2) is 0 Å². The lowest BCUT2D eigenvalue weighted by Crippen LogP contribution is -2.37. The Balaban J connectivity index is 1.95. The Hall–Kier alpha value is 0.270. The molecule has 1 atom stereocenters. The highest BCUT2D eigenvalue weighted by Gasteiger charge is 2.15. The molecule has 0 aromatic heterocycles. The zero-order valence-corrected chi connectivity index (χ0v) is 14.4. The summed E-state index contributed by atoms with van der Waals surface area (Å²) >= 11 is 2.16. The average molecular weight is 301 g/mol. The van der Waals surface area contributed by atoms with Crippen molar-refractivity contribution in [3.8, 4) is 0 Å².